The number of allylic oxidation sites excluding steroid dienone is 3. The number of hydrogen-bond acceptors (Lipinski definition) is 6. The molecule has 0 bridgehead atoms. The first kappa shape index (κ1) is 16.0. The summed E-state index contributed by atoms with van der Waals surface area (Å²) < 4.78 is 32.9. The van der Waals surface area contributed by atoms with Gasteiger partial charge in [-0.25, -0.2) is 8.78 Å². The fourth-order valence-electron chi connectivity index (χ4n) is 2.85. The molecule has 6 nitrogen and oxygen atoms in total. The van der Waals surface area contributed by atoms with Crippen LogP contribution in [0, 0.1) is 11.6 Å². The molecule has 0 radical (unpaired) electrons. The molecule has 1 unspecified atom stereocenters. The molecular formula is C16H17F2N5O. The van der Waals surface area contributed by atoms with Crippen molar-refractivity contribution in [3.8, 4) is 0 Å². The van der Waals surface area contributed by atoms with Gasteiger partial charge in [-0.15, -0.1) is 5.10 Å². The van der Waals surface area contributed by atoms with Crippen molar-refractivity contribution >= 4 is 11.7 Å². The maximum absolute atomic E-state index is 13.8. The minimum atomic E-state index is -0.722. The van der Waals surface area contributed by atoms with Crippen LogP contribution in [0.25, 0.3) is 5.70 Å². The smallest absolute Gasteiger partial charge is 0.312 e. The number of hydrogen-bond donors (Lipinski definition) is 3. The van der Waals surface area contributed by atoms with Gasteiger partial charge in [0.2, 0.25) is 5.89 Å². The number of nitrogens with two attached hydrogens (primary N) is 3. The summed E-state index contributed by atoms with van der Waals surface area (Å²) in [5.41, 5.74) is 18.4. The first-order valence-corrected chi connectivity index (χ1v) is 7.46. The Bertz CT molecular complexity index is 807. The summed E-state index contributed by atoms with van der Waals surface area (Å²) in [5.74, 6) is -1.40. The number of rotatable bonds is 3. The van der Waals surface area contributed by atoms with Crippen LogP contribution in [0.4, 0.5) is 14.8 Å². The Morgan fingerprint density at radius 3 is 2.54 bits per heavy atom. The lowest BCUT2D eigenvalue weighted by Crippen LogP contribution is -2.18. The molecule has 2 aromatic rings. The summed E-state index contributed by atoms with van der Waals surface area (Å²) in [4.78, 5) is 0. The average Bonchev–Trinajstić information content (AvgIpc) is 2.95. The Hall–Kier alpha value is -2.90. The third kappa shape index (κ3) is 2.94. The van der Waals surface area contributed by atoms with E-state index in [9.17, 15) is 8.78 Å². The molecule has 0 aliphatic heterocycles. The molecule has 0 saturated carbocycles. The quantitative estimate of drug-likeness (QED) is 0.794. The van der Waals surface area contributed by atoms with E-state index in [1.165, 1.54) is 12.1 Å². The van der Waals surface area contributed by atoms with Crippen LogP contribution >= 0.6 is 0 Å². The molecule has 0 fully saturated rings. The molecule has 24 heavy (non-hydrogen) atoms. The molecule has 1 aromatic carbocycles. The van der Waals surface area contributed by atoms with Crippen LogP contribution in [0.2, 0.25) is 0 Å². The standard InChI is InChI=1S/C16H17F2N5O/c17-10-5-2-6-11(18)13(10)12(19)7-8-3-1-4-9(14(8)20)15-22-23-16(21)24-15/h2,5-7,9H,1,3-4,19-20H2,(H2,21,23)/b12-7-. The van der Waals surface area contributed by atoms with Gasteiger partial charge in [-0.05, 0) is 43.0 Å². The van der Waals surface area contributed by atoms with Gasteiger partial charge in [-0.1, -0.05) is 11.2 Å². The summed E-state index contributed by atoms with van der Waals surface area (Å²) in [7, 11) is 0. The van der Waals surface area contributed by atoms with Gasteiger partial charge < -0.3 is 21.6 Å². The van der Waals surface area contributed by atoms with Crippen molar-refractivity contribution in [1.29, 1.82) is 0 Å². The second-order valence-electron chi connectivity index (χ2n) is 5.60. The van der Waals surface area contributed by atoms with Crippen LogP contribution in [0.3, 0.4) is 0 Å². The van der Waals surface area contributed by atoms with Crippen molar-refractivity contribution in [3.63, 3.8) is 0 Å². The molecule has 3 rings (SSSR count). The van der Waals surface area contributed by atoms with Gasteiger partial charge in [-0.2, -0.15) is 0 Å². The van der Waals surface area contributed by atoms with Gasteiger partial charge in [0.1, 0.15) is 11.6 Å². The fraction of sp³-hybridized carbons (Fsp3) is 0.250. The summed E-state index contributed by atoms with van der Waals surface area (Å²) >= 11 is 0. The summed E-state index contributed by atoms with van der Waals surface area (Å²) in [6.07, 6.45) is 3.66. The summed E-state index contributed by atoms with van der Waals surface area (Å²) in [6.45, 7) is 0. The Labute approximate surface area is 137 Å². The van der Waals surface area contributed by atoms with Crippen LogP contribution in [0.1, 0.15) is 36.6 Å². The zero-order chi connectivity index (χ0) is 17.3. The van der Waals surface area contributed by atoms with Crippen LogP contribution < -0.4 is 17.2 Å². The maximum Gasteiger partial charge on any atom is 0.312 e. The normalized spacial score (nSPS) is 18.9. The second kappa shape index (κ2) is 6.31. The topological polar surface area (TPSA) is 117 Å². The van der Waals surface area contributed by atoms with Crippen molar-refractivity contribution in [1.82, 2.24) is 10.2 Å². The fourth-order valence-corrected chi connectivity index (χ4v) is 2.85. The second-order valence-corrected chi connectivity index (χ2v) is 5.60. The van der Waals surface area contributed by atoms with E-state index in [2.05, 4.69) is 10.2 Å². The van der Waals surface area contributed by atoms with Crippen molar-refractivity contribution < 1.29 is 13.2 Å². The van der Waals surface area contributed by atoms with Crippen molar-refractivity contribution in [2.75, 3.05) is 5.73 Å². The molecule has 126 valence electrons. The number of anilines is 1. The van der Waals surface area contributed by atoms with E-state index in [0.717, 1.165) is 25.0 Å². The zero-order valence-electron chi connectivity index (χ0n) is 12.8. The van der Waals surface area contributed by atoms with Crippen LogP contribution in [0.5, 0.6) is 0 Å². The molecule has 6 N–H and O–H groups in total. The maximum atomic E-state index is 13.8. The van der Waals surface area contributed by atoms with Crippen molar-refractivity contribution in [3.05, 3.63) is 58.6 Å². The monoisotopic (exact) mass is 333 g/mol. The first-order valence-electron chi connectivity index (χ1n) is 7.46. The van der Waals surface area contributed by atoms with E-state index >= 15 is 0 Å². The van der Waals surface area contributed by atoms with Crippen molar-refractivity contribution in [2.45, 2.75) is 25.2 Å². The van der Waals surface area contributed by atoms with Crippen LogP contribution in [-0.2, 0) is 0 Å². The minimum Gasteiger partial charge on any atom is -0.408 e. The first-order chi connectivity index (χ1) is 11.5. The highest BCUT2D eigenvalue weighted by Gasteiger charge is 2.26. The molecule has 1 aliphatic rings. The van der Waals surface area contributed by atoms with E-state index in [4.69, 9.17) is 21.6 Å². The Balaban J connectivity index is 1.98. The third-order valence-corrected chi connectivity index (χ3v) is 4.02. The molecule has 0 spiro atoms. The SMILES string of the molecule is NC1=C(/C=C(\N)c2c(F)cccc2F)CCCC1c1nnc(N)o1. The lowest BCUT2D eigenvalue weighted by molar-refractivity contribution is 0.447. The highest BCUT2D eigenvalue weighted by molar-refractivity contribution is 5.67. The van der Waals surface area contributed by atoms with Gasteiger partial charge in [0, 0.05) is 11.4 Å². The predicted molar refractivity (Wildman–Crippen MR) is 85.0 cm³/mol. The number of nitrogen functional groups attached to an aromatic ring is 1. The van der Waals surface area contributed by atoms with E-state index in [-0.39, 0.29) is 23.2 Å². The summed E-state index contributed by atoms with van der Waals surface area (Å²) in [6, 6.07) is 3.56. The lowest BCUT2D eigenvalue weighted by Gasteiger charge is -2.22. The van der Waals surface area contributed by atoms with E-state index < -0.39 is 11.6 Å². The molecule has 1 aromatic heterocycles. The van der Waals surface area contributed by atoms with Crippen molar-refractivity contribution in [2.24, 2.45) is 11.5 Å². The molecule has 1 atom stereocenters. The largest absolute Gasteiger partial charge is 0.408 e. The molecule has 1 aliphatic carbocycles. The molecular weight excluding hydrogens is 316 g/mol. The van der Waals surface area contributed by atoms with Gasteiger partial charge in [0.25, 0.3) is 0 Å². The summed E-state index contributed by atoms with van der Waals surface area (Å²) in [5, 5.41) is 7.49. The molecule has 8 heteroatoms. The highest BCUT2D eigenvalue weighted by Crippen LogP contribution is 2.35. The molecule has 0 amide bonds. The van der Waals surface area contributed by atoms with E-state index in [1.54, 1.807) is 0 Å². The molecule has 1 heterocycles. The number of halogens is 2. The van der Waals surface area contributed by atoms with Gasteiger partial charge in [-0.3, -0.25) is 0 Å². The number of nitrogens with zero attached hydrogens (tertiary/aromatic N) is 2. The highest BCUT2D eigenvalue weighted by atomic mass is 19.1. The Morgan fingerprint density at radius 1 is 1.21 bits per heavy atom. The van der Waals surface area contributed by atoms with E-state index in [0.29, 0.717) is 23.6 Å². The minimum absolute atomic E-state index is 0.0192. The Kier molecular flexibility index (Phi) is 4.20. The van der Waals surface area contributed by atoms with Crippen LogP contribution in [-0.4, -0.2) is 10.2 Å². The Morgan fingerprint density at radius 2 is 1.92 bits per heavy atom. The number of benzene rings is 1. The predicted octanol–water partition coefficient (Wildman–Crippen LogP) is 2.41. The van der Waals surface area contributed by atoms with Gasteiger partial charge in [0.15, 0.2) is 0 Å². The lowest BCUT2D eigenvalue weighted by atomic mass is 9.86. The van der Waals surface area contributed by atoms with Crippen LogP contribution in [0.15, 0.2) is 40.0 Å². The third-order valence-electron chi connectivity index (χ3n) is 4.02. The van der Waals surface area contributed by atoms with E-state index in [1.807, 2.05) is 0 Å². The molecule has 0 saturated heterocycles. The van der Waals surface area contributed by atoms with Gasteiger partial charge in [0.05, 0.1) is 11.5 Å². The number of aromatic nitrogens is 2. The average molecular weight is 333 g/mol. The zero-order valence-corrected chi connectivity index (χ0v) is 12.8. The van der Waals surface area contributed by atoms with Gasteiger partial charge >= 0.3 is 6.01 Å².